The molecule has 0 aliphatic rings. The molecule has 0 amide bonds. The zero-order valence-electron chi connectivity index (χ0n) is 44.3. The Bertz CT molecular complexity index is 3130. The topological polar surface area (TPSA) is 134 Å². The fourth-order valence-corrected chi connectivity index (χ4v) is 7.04. The molecule has 0 aliphatic carbocycles. The minimum atomic E-state index is -2.76. The summed E-state index contributed by atoms with van der Waals surface area (Å²) >= 11 is 0. The lowest BCUT2D eigenvalue weighted by molar-refractivity contribution is 0.281. The molecule has 0 saturated heterocycles. The number of aromatic nitrogens is 8. The molecule has 15 heteroatoms. The van der Waals surface area contributed by atoms with Gasteiger partial charge in [0.05, 0.1) is 101 Å². The molecule has 15 nitrogen and oxygen atoms in total. The molecule has 0 fully saturated rings. The maximum absolute atomic E-state index is 7.44. The molecule has 4 heterocycles. The minimum Gasteiger partial charge on any atom is -0.497 e. The first-order valence-electron chi connectivity index (χ1n) is 24.2. The standard InChI is InChI=1S/C26H32N6O2.C25H25N5O2/c1-18(2)30(3)9-10-32(21-11-22(33-5)14-23(12-21)34-6)20-7-8-24-25(13-20)29-26(16-27-24)19-15-28-31(4)17-19;1-6-9-29(20-10-21(31-4)13-22(11-20)32-5)19-7-8-23-24(12-19)28-25(15-26-23)18-14-27-30(16-18)17(2)3/h7-8,11-18H,9-10H2,1-6H3;1,7-8,10-17H,9H2,2-5H3/i;4D3,5D3. The summed E-state index contributed by atoms with van der Waals surface area (Å²) in [5.41, 5.74) is 9.12. The van der Waals surface area contributed by atoms with Crippen molar-refractivity contribution in [3.8, 4) is 57.9 Å². The highest BCUT2D eigenvalue weighted by Crippen LogP contribution is 2.36. The van der Waals surface area contributed by atoms with Crippen LogP contribution in [0.15, 0.2) is 110 Å². The molecule has 8 aromatic rings. The third-order valence-corrected chi connectivity index (χ3v) is 11.0. The molecule has 0 radical (unpaired) electrons. The second-order valence-electron chi connectivity index (χ2n) is 16.0. The number of likely N-dealkylation sites (N-methyl/N-ethyl adjacent to an activating group) is 1. The summed E-state index contributed by atoms with van der Waals surface area (Å²) in [7, 11) is 1.85. The van der Waals surface area contributed by atoms with Gasteiger partial charge in [-0.15, -0.1) is 6.42 Å². The van der Waals surface area contributed by atoms with E-state index >= 15 is 0 Å². The van der Waals surface area contributed by atoms with Crippen molar-refractivity contribution in [2.75, 3.05) is 64.8 Å². The Hall–Kier alpha value is -7.70. The predicted octanol–water partition coefficient (Wildman–Crippen LogP) is 9.39. The quantitative estimate of drug-likeness (QED) is 0.0854. The first kappa shape index (κ1) is 38.7. The van der Waals surface area contributed by atoms with Crippen LogP contribution in [0, 0.1) is 12.3 Å². The van der Waals surface area contributed by atoms with Gasteiger partial charge < -0.3 is 33.6 Å². The van der Waals surface area contributed by atoms with Crippen LogP contribution in [0.4, 0.5) is 22.7 Å². The molecule has 0 aliphatic heterocycles. The summed E-state index contributed by atoms with van der Waals surface area (Å²) in [4.78, 5) is 25.1. The van der Waals surface area contributed by atoms with Gasteiger partial charge in [0.15, 0.2) is 0 Å². The SMILES string of the molecule is COc1cc(OC)cc(N(CCN(C)C(C)C)c2ccc3ncc(-c4cnn(C)c4)nc3c2)c1.[2H]C([2H])([2H])Oc1cc(OC([2H])([2H])[2H])cc(N(CC#C)c2ccc3ncc(-c4cnn(C(C)C)c4)nc3c2)c1. The third-order valence-electron chi connectivity index (χ3n) is 11.0. The van der Waals surface area contributed by atoms with E-state index in [2.05, 4.69) is 68.9 Å². The maximum atomic E-state index is 7.44. The van der Waals surface area contributed by atoms with E-state index < -0.39 is 14.1 Å². The molecule has 0 saturated carbocycles. The summed E-state index contributed by atoms with van der Waals surface area (Å²) < 4.78 is 69.4. The van der Waals surface area contributed by atoms with Crippen molar-refractivity contribution >= 4 is 44.8 Å². The number of aryl methyl sites for hydroxylation is 1. The van der Waals surface area contributed by atoms with Crippen LogP contribution >= 0.6 is 0 Å². The van der Waals surface area contributed by atoms with Crippen LogP contribution in [-0.2, 0) is 7.05 Å². The van der Waals surface area contributed by atoms with E-state index in [1.54, 1.807) is 66.8 Å². The fourth-order valence-electron chi connectivity index (χ4n) is 7.04. The van der Waals surface area contributed by atoms with Crippen LogP contribution in [0.5, 0.6) is 23.0 Å². The number of nitrogens with zero attached hydrogens (tertiary/aromatic N) is 11. The molecule has 0 bridgehead atoms. The second-order valence-corrected chi connectivity index (χ2v) is 16.0. The Balaban J connectivity index is 0.000000213. The molecule has 4 aromatic heterocycles. The molecular weight excluding hydrogens is 831 g/mol. The lowest BCUT2D eigenvalue weighted by atomic mass is 10.2. The number of benzene rings is 4. The van der Waals surface area contributed by atoms with Crippen molar-refractivity contribution in [2.45, 2.75) is 39.8 Å². The van der Waals surface area contributed by atoms with Gasteiger partial charge in [-0.05, 0) is 71.1 Å². The number of ether oxygens (including phenoxy) is 4. The van der Waals surface area contributed by atoms with Gasteiger partial charge in [0.1, 0.15) is 23.0 Å². The Morgan fingerprint density at radius 3 is 1.61 bits per heavy atom. The molecule has 0 N–H and O–H groups in total. The van der Waals surface area contributed by atoms with Gasteiger partial charge in [0, 0.05) is 115 Å². The first-order valence-corrected chi connectivity index (χ1v) is 21.2. The van der Waals surface area contributed by atoms with Crippen molar-refractivity contribution in [3.63, 3.8) is 0 Å². The number of hydrogen-bond acceptors (Lipinski definition) is 13. The van der Waals surface area contributed by atoms with Gasteiger partial charge in [-0.25, -0.2) is 9.97 Å². The summed E-state index contributed by atoms with van der Waals surface area (Å²) in [5, 5.41) is 8.62. The number of terminal acetylenes is 1. The van der Waals surface area contributed by atoms with Crippen LogP contribution in [0.25, 0.3) is 44.6 Å². The van der Waals surface area contributed by atoms with Crippen LogP contribution in [0.1, 0.15) is 42.0 Å². The maximum Gasteiger partial charge on any atom is 0.124 e. The molecule has 0 atom stereocenters. The van der Waals surface area contributed by atoms with Gasteiger partial charge >= 0.3 is 0 Å². The van der Waals surface area contributed by atoms with E-state index in [0.29, 0.717) is 34.1 Å². The summed E-state index contributed by atoms with van der Waals surface area (Å²) in [6, 6.07) is 22.2. The van der Waals surface area contributed by atoms with Crippen molar-refractivity contribution in [1.82, 2.24) is 44.4 Å². The average molecular weight is 894 g/mol. The molecule has 66 heavy (non-hydrogen) atoms. The van der Waals surface area contributed by atoms with Gasteiger partial charge in [-0.3, -0.25) is 19.3 Å². The Kier molecular flexibility index (Phi) is 12.2. The van der Waals surface area contributed by atoms with Crippen LogP contribution in [-0.4, -0.2) is 105 Å². The van der Waals surface area contributed by atoms with Crippen molar-refractivity contribution in [2.24, 2.45) is 7.05 Å². The van der Waals surface area contributed by atoms with Crippen molar-refractivity contribution in [3.05, 3.63) is 110 Å². The summed E-state index contributed by atoms with van der Waals surface area (Å²) in [5.74, 6) is 3.86. The Morgan fingerprint density at radius 2 is 1.14 bits per heavy atom. The third kappa shape index (κ3) is 10.8. The largest absolute Gasteiger partial charge is 0.497 e. The molecular formula is C51H57N11O4. The average Bonchev–Trinajstić information content (AvgIpc) is 4.02. The minimum absolute atomic E-state index is 0.0736. The van der Waals surface area contributed by atoms with Gasteiger partial charge in [0.2, 0.25) is 0 Å². The number of rotatable bonds is 16. The van der Waals surface area contributed by atoms with E-state index in [0.717, 1.165) is 63.8 Å². The highest BCUT2D eigenvalue weighted by Gasteiger charge is 2.18. The zero-order chi connectivity index (χ0) is 51.9. The number of fused-ring (bicyclic) bond motifs is 2. The lowest BCUT2D eigenvalue weighted by Crippen LogP contribution is -2.34. The van der Waals surface area contributed by atoms with Gasteiger partial charge in [0.25, 0.3) is 0 Å². The fraction of sp³-hybridized carbons (Fsp3) is 0.294. The summed E-state index contributed by atoms with van der Waals surface area (Å²) in [6.07, 6.45) is 16.5. The van der Waals surface area contributed by atoms with E-state index in [4.69, 9.17) is 43.6 Å². The molecule has 0 spiro atoms. The van der Waals surface area contributed by atoms with E-state index in [1.807, 2.05) is 62.2 Å². The highest BCUT2D eigenvalue weighted by molar-refractivity contribution is 5.84. The van der Waals surface area contributed by atoms with Crippen molar-refractivity contribution in [1.29, 1.82) is 0 Å². The Labute approximate surface area is 395 Å². The summed E-state index contributed by atoms with van der Waals surface area (Å²) in [6.45, 7) is 10.2. The Morgan fingerprint density at radius 1 is 0.621 bits per heavy atom. The highest BCUT2D eigenvalue weighted by atomic mass is 16.5. The number of methoxy groups -OCH3 is 4. The van der Waals surface area contributed by atoms with Gasteiger partial charge in [-0.1, -0.05) is 5.92 Å². The van der Waals surface area contributed by atoms with Crippen LogP contribution in [0.3, 0.4) is 0 Å². The van der Waals surface area contributed by atoms with E-state index in [-0.39, 0.29) is 24.1 Å². The lowest BCUT2D eigenvalue weighted by Gasteiger charge is -2.29. The zero-order valence-corrected chi connectivity index (χ0v) is 38.3. The normalized spacial score (nSPS) is 12.9. The van der Waals surface area contributed by atoms with Crippen LogP contribution in [0.2, 0.25) is 0 Å². The number of hydrogen-bond donors (Lipinski definition) is 0. The predicted molar refractivity (Wildman–Crippen MR) is 263 cm³/mol. The molecule has 8 rings (SSSR count). The molecule has 4 aromatic carbocycles. The number of anilines is 4. The molecule has 0 unspecified atom stereocenters. The smallest absolute Gasteiger partial charge is 0.124 e. The van der Waals surface area contributed by atoms with Crippen LogP contribution < -0.4 is 28.7 Å². The van der Waals surface area contributed by atoms with Crippen molar-refractivity contribution < 1.29 is 27.2 Å². The van der Waals surface area contributed by atoms with Gasteiger partial charge in [-0.2, -0.15) is 10.2 Å². The second kappa shape index (κ2) is 20.9. The van der Waals surface area contributed by atoms with E-state index in [9.17, 15) is 0 Å². The van der Waals surface area contributed by atoms with E-state index in [1.165, 1.54) is 18.2 Å². The monoisotopic (exact) mass is 893 g/mol. The molecule has 340 valence electrons. The first-order chi connectivity index (χ1) is 34.2.